The highest BCUT2D eigenvalue weighted by Crippen LogP contribution is 2.24. The molecule has 0 aliphatic rings. The van der Waals surface area contributed by atoms with Crippen LogP contribution in [0.5, 0.6) is 5.75 Å². The number of ketones is 1. The van der Waals surface area contributed by atoms with Crippen molar-refractivity contribution in [2.45, 2.75) is 20.8 Å². The Bertz CT molecular complexity index is 607. The molecule has 3 heteroatoms. The maximum absolute atomic E-state index is 12.1. The second-order valence-electron chi connectivity index (χ2n) is 4.95. The quantitative estimate of drug-likeness (QED) is 0.578. The van der Waals surface area contributed by atoms with E-state index in [-0.39, 0.29) is 12.4 Å². The molecule has 2 rings (SSSR count). The molecule has 104 valence electrons. The van der Waals surface area contributed by atoms with Crippen LogP contribution in [0.3, 0.4) is 0 Å². The zero-order valence-corrected chi connectivity index (χ0v) is 14.0. The van der Waals surface area contributed by atoms with Crippen molar-refractivity contribution in [1.29, 1.82) is 0 Å². The fraction of sp³-hybridized carbons (Fsp3) is 0.235. The lowest BCUT2D eigenvalue weighted by molar-refractivity contribution is 0.0920. The number of carbonyl (C=O) groups excluding carboxylic acids is 1. The van der Waals surface area contributed by atoms with E-state index in [0.717, 1.165) is 20.4 Å². The number of aryl methyl sites for hydroxylation is 3. The van der Waals surface area contributed by atoms with E-state index in [1.54, 1.807) is 0 Å². The standard InChI is InChI=1S/C17H17IO2/c1-11-8-12(2)17(13(3)9-11)20-10-16(19)14-4-6-15(18)7-5-14/h4-9H,10H2,1-3H3. The Labute approximate surface area is 133 Å². The average molecular weight is 380 g/mol. The van der Waals surface area contributed by atoms with Crippen molar-refractivity contribution in [2.75, 3.05) is 6.61 Å². The lowest BCUT2D eigenvalue weighted by Gasteiger charge is -2.12. The van der Waals surface area contributed by atoms with Gasteiger partial charge in [-0.25, -0.2) is 0 Å². The average Bonchev–Trinajstić information content (AvgIpc) is 2.38. The Morgan fingerprint density at radius 3 is 2.15 bits per heavy atom. The Morgan fingerprint density at radius 2 is 1.60 bits per heavy atom. The number of benzene rings is 2. The maximum Gasteiger partial charge on any atom is 0.200 e. The topological polar surface area (TPSA) is 26.3 Å². The Morgan fingerprint density at radius 1 is 1.05 bits per heavy atom. The first kappa shape index (κ1) is 15.0. The number of hydrogen-bond donors (Lipinski definition) is 0. The van der Waals surface area contributed by atoms with Crippen LogP contribution < -0.4 is 4.74 Å². The van der Waals surface area contributed by atoms with Gasteiger partial charge < -0.3 is 4.74 Å². The molecule has 0 aromatic heterocycles. The summed E-state index contributed by atoms with van der Waals surface area (Å²) >= 11 is 2.22. The highest BCUT2D eigenvalue weighted by Gasteiger charge is 2.10. The molecule has 0 saturated carbocycles. The second-order valence-corrected chi connectivity index (χ2v) is 6.19. The summed E-state index contributed by atoms with van der Waals surface area (Å²) in [5.41, 5.74) is 4.03. The highest BCUT2D eigenvalue weighted by atomic mass is 127. The van der Waals surface area contributed by atoms with Gasteiger partial charge in [0.05, 0.1) is 0 Å². The van der Waals surface area contributed by atoms with Crippen molar-refractivity contribution in [1.82, 2.24) is 0 Å². The smallest absolute Gasteiger partial charge is 0.200 e. The summed E-state index contributed by atoms with van der Waals surface area (Å²) in [6.07, 6.45) is 0. The molecule has 0 radical (unpaired) electrons. The highest BCUT2D eigenvalue weighted by molar-refractivity contribution is 14.1. The molecule has 0 N–H and O–H groups in total. The molecule has 20 heavy (non-hydrogen) atoms. The SMILES string of the molecule is Cc1cc(C)c(OCC(=O)c2ccc(I)cc2)c(C)c1. The first-order valence-electron chi connectivity index (χ1n) is 6.47. The molecule has 2 aromatic carbocycles. The van der Waals surface area contributed by atoms with E-state index in [1.807, 2.05) is 38.1 Å². The molecule has 0 bridgehead atoms. The number of hydrogen-bond acceptors (Lipinski definition) is 2. The lowest BCUT2D eigenvalue weighted by atomic mass is 10.1. The fourth-order valence-electron chi connectivity index (χ4n) is 2.25. The van der Waals surface area contributed by atoms with Crippen molar-refractivity contribution < 1.29 is 9.53 Å². The van der Waals surface area contributed by atoms with Gasteiger partial charge in [-0.15, -0.1) is 0 Å². The number of Topliss-reactive ketones (excluding diaryl/α,β-unsaturated/α-hetero) is 1. The normalized spacial score (nSPS) is 10.4. The zero-order chi connectivity index (χ0) is 14.7. The van der Waals surface area contributed by atoms with Crippen LogP contribution in [0.1, 0.15) is 27.0 Å². The summed E-state index contributed by atoms with van der Waals surface area (Å²) in [5.74, 6) is 0.815. The molecule has 0 aliphatic heterocycles. The molecular formula is C17H17IO2. The number of carbonyl (C=O) groups is 1. The fourth-order valence-corrected chi connectivity index (χ4v) is 2.61. The summed E-state index contributed by atoms with van der Waals surface area (Å²) in [6, 6.07) is 11.7. The van der Waals surface area contributed by atoms with Crippen LogP contribution in [0.2, 0.25) is 0 Å². The number of rotatable bonds is 4. The lowest BCUT2D eigenvalue weighted by Crippen LogP contribution is -2.12. The van der Waals surface area contributed by atoms with Gasteiger partial charge >= 0.3 is 0 Å². The van der Waals surface area contributed by atoms with E-state index in [4.69, 9.17) is 4.74 Å². The minimum absolute atomic E-state index is 0.000718. The van der Waals surface area contributed by atoms with Crippen LogP contribution in [-0.2, 0) is 0 Å². The van der Waals surface area contributed by atoms with E-state index in [1.165, 1.54) is 5.56 Å². The molecule has 0 amide bonds. The van der Waals surface area contributed by atoms with Gasteiger partial charge in [-0.3, -0.25) is 4.79 Å². The molecular weight excluding hydrogens is 363 g/mol. The summed E-state index contributed by atoms with van der Waals surface area (Å²) in [7, 11) is 0. The predicted molar refractivity (Wildman–Crippen MR) is 89.6 cm³/mol. The predicted octanol–water partition coefficient (Wildman–Crippen LogP) is 4.48. The van der Waals surface area contributed by atoms with Gasteiger partial charge in [0.25, 0.3) is 0 Å². The molecule has 0 spiro atoms. The summed E-state index contributed by atoms with van der Waals surface area (Å²) in [6.45, 7) is 6.14. The van der Waals surface area contributed by atoms with Gasteiger partial charge in [-0.1, -0.05) is 29.8 Å². The number of ether oxygens (including phenoxy) is 1. The largest absolute Gasteiger partial charge is 0.485 e. The van der Waals surface area contributed by atoms with E-state index < -0.39 is 0 Å². The van der Waals surface area contributed by atoms with Gasteiger partial charge in [0.15, 0.2) is 12.4 Å². The molecule has 0 aliphatic carbocycles. The minimum Gasteiger partial charge on any atom is -0.485 e. The number of halogens is 1. The van der Waals surface area contributed by atoms with Gasteiger partial charge in [-0.05, 0) is 66.6 Å². The van der Waals surface area contributed by atoms with Crippen molar-refractivity contribution in [3.8, 4) is 5.75 Å². The molecule has 0 unspecified atom stereocenters. The van der Waals surface area contributed by atoms with E-state index >= 15 is 0 Å². The van der Waals surface area contributed by atoms with E-state index in [9.17, 15) is 4.79 Å². The third-order valence-corrected chi connectivity index (χ3v) is 3.84. The second kappa shape index (κ2) is 6.39. The first-order valence-corrected chi connectivity index (χ1v) is 7.54. The summed E-state index contributed by atoms with van der Waals surface area (Å²) in [4.78, 5) is 12.1. The molecule has 0 fully saturated rings. The van der Waals surface area contributed by atoms with Crippen LogP contribution in [0.15, 0.2) is 36.4 Å². The molecule has 2 nitrogen and oxygen atoms in total. The van der Waals surface area contributed by atoms with Crippen LogP contribution in [0.25, 0.3) is 0 Å². The zero-order valence-electron chi connectivity index (χ0n) is 11.9. The van der Waals surface area contributed by atoms with E-state index in [0.29, 0.717) is 5.56 Å². The van der Waals surface area contributed by atoms with Gasteiger partial charge in [0.2, 0.25) is 0 Å². The molecule has 0 saturated heterocycles. The van der Waals surface area contributed by atoms with Crippen LogP contribution in [0.4, 0.5) is 0 Å². The van der Waals surface area contributed by atoms with Crippen molar-refractivity contribution in [3.63, 3.8) is 0 Å². The van der Waals surface area contributed by atoms with Crippen molar-refractivity contribution >= 4 is 28.4 Å². The van der Waals surface area contributed by atoms with E-state index in [2.05, 4.69) is 41.6 Å². The van der Waals surface area contributed by atoms with Gasteiger partial charge in [-0.2, -0.15) is 0 Å². The Hall–Kier alpha value is -1.36. The molecule has 0 heterocycles. The van der Waals surface area contributed by atoms with Crippen LogP contribution in [0, 0.1) is 24.3 Å². The molecule has 0 atom stereocenters. The van der Waals surface area contributed by atoms with Gasteiger partial charge in [0, 0.05) is 9.13 Å². The Balaban J connectivity index is 2.09. The molecule has 2 aromatic rings. The third-order valence-electron chi connectivity index (χ3n) is 3.12. The monoisotopic (exact) mass is 380 g/mol. The van der Waals surface area contributed by atoms with Crippen LogP contribution >= 0.6 is 22.6 Å². The maximum atomic E-state index is 12.1. The van der Waals surface area contributed by atoms with Crippen LogP contribution in [-0.4, -0.2) is 12.4 Å². The Kier molecular flexibility index (Phi) is 4.81. The summed E-state index contributed by atoms with van der Waals surface area (Å²) < 4.78 is 6.83. The third kappa shape index (κ3) is 3.60. The summed E-state index contributed by atoms with van der Waals surface area (Å²) in [5, 5.41) is 0. The van der Waals surface area contributed by atoms with Crippen molar-refractivity contribution in [2.24, 2.45) is 0 Å². The first-order chi connectivity index (χ1) is 9.47. The van der Waals surface area contributed by atoms with Crippen molar-refractivity contribution in [3.05, 3.63) is 62.2 Å². The van der Waals surface area contributed by atoms with Gasteiger partial charge in [0.1, 0.15) is 5.75 Å². The minimum atomic E-state index is 0.000718.